The van der Waals surface area contributed by atoms with E-state index in [-0.39, 0.29) is 0 Å². The lowest BCUT2D eigenvalue weighted by atomic mass is 10.1. The van der Waals surface area contributed by atoms with Gasteiger partial charge in [-0.05, 0) is 36.0 Å². The van der Waals surface area contributed by atoms with E-state index in [0.717, 1.165) is 43.8 Å². The SMILES string of the molecule is CCCN1CCN(CC(O)c2ccc3cc[nH]c3c2)CC1. The van der Waals surface area contributed by atoms with Gasteiger partial charge in [-0.2, -0.15) is 0 Å². The summed E-state index contributed by atoms with van der Waals surface area (Å²) in [6.07, 6.45) is 2.75. The van der Waals surface area contributed by atoms with E-state index >= 15 is 0 Å². The molecule has 0 amide bonds. The van der Waals surface area contributed by atoms with Crippen molar-refractivity contribution in [2.75, 3.05) is 39.3 Å². The van der Waals surface area contributed by atoms with Crippen LogP contribution in [-0.4, -0.2) is 59.2 Å². The zero-order valence-corrected chi connectivity index (χ0v) is 12.8. The van der Waals surface area contributed by atoms with Crippen molar-refractivity contribution in [1.29, 1.82) is 0 Å². The van der Waals surface area contributed by atoms with Gasteiger partial charge in [0, 0.05) is 44.4 Å². The third-order valence-electron chi connectivity index (χ3n) is 4.40. The Hall–Kier alpha value is -1.36. The van der Waals surface area contributed by atoms with Crippen LogP contribution in [0.15, 0.2) is 30.5 Å². The van der Waals surface area contributed by atoms with Crippen molar-refractivity contribution in [1.82, 2.24) is 14.8 Å². The molecule has 1 fully saturated rings. The van der Waals surface area contributed by atoms with E-state index < -0.39 is 6.10 Å². The summed E-state index contributed by atoms with van der Waals surface area (Å²) < 4.78 is 0. The van der Waals surface area contributed by atoms with Gasteiger partial charge < -0.3 is 15.0 Å². The summed E-state index contributed by atoms with van der Waals surface area (Å²) in [6, 6.07) is 8.23. The Morgan fingerprint density at radius 2 is 1.90 bits per heavy atom. The normalized spacial score (nSPS) is 19.1. The number of aromatic nitrogens is 1. The molecule has 1 aliphatic heterocycles. The Labute approximate surface area is 126 Å². The molecule has 0 aliphatic carbocycles. The molecule has 2 heterocycles. The van der Waals surface area contributed by atoms with Gasteiger partial charge in [-0.3, -0.25) is 4.90 Å². The Bertz CT molecular complexity index is 572. The quantitative estimate of drug-likeness (QED) is 0.886. The van der Waals surface area contributed by atoms with Crippen LogP contribution in [0.3, 0.4) is 0 Å². The minimum absolute atomic E-state index is 0.407. The summed E-state index contributed by atoms with van der Waals surface area (Å²) in [6.45, 7) is 8.51. The van der Waals surface area contributed by atoms with Crippen LogP contribution >= 0.6 is 0 Å². The molecule has 3 rings (SSSR count). The van der Waals surface area contributed by atoms with Crippen LogP contribution in [0.4, 0.5) is 0 Å². The first-order valence-electron chi connectivity index (χ1n) is 7.96. The first kappa shape index (κ1) is 14.6. The first-order valence-corrected chi connectivity index (χ1v) is 7.96. The number of benzene rings is 1. The fourth-order valence-electron chi connectivity index (χ4n) is 3.13. The average molecular weight is 287 g/mol. The molecule has 0 saturated carbocycles. The van der Waals surface area contributed by atoms with Crippen molar-refractivity contribution in [2.45, 2.75) is 19.4 Å². The van der Waals surface area contributed by atoms with Crippen LogP contribution in [0.2, 0.25) is 0 Å². The van der Waals surface area contributed by atoms with Crippen LogP contribution < -0.4 is 0 Å². The maximum atomic E-state index is 10.5. The molecular formula is C17H25N3O. The van der Waals surface area contributed by atoms with Gasteiger partial charge in [-0.15, -0.1) is 0 Å². The summed E-state index contributed by atoms with van der Waals surface area (Å²) in [5.74, 6) is 0. The molecule has 1 aromatic heterocycles. The van der Waals surface area contributed by atoms with Crippen molar-refractivity contribution in [2.24, 2.45) is 0 Å². The second-order valence-corrected chi connectivity index (χ2v) is 5.98. The Morgan fingerprint density at radius 3 is 2.67 bits per heavy atom. The maximum Gasteiger partial charge on any atom is 0.0917 e. The highest BCUT2D eigenvalue weighted by Gasteiger charge is 2.19. The van der Waals surface area contributed by atoms with E-state index in [0.29, 0.717) is 0 Å². The lowest BCUT2D eigenvalue weighted by Gasteiger charge is -2.35. The van der Waals surface area contributed by atoms with E-state index in [4.69, 9.17) is 0 Å². The molecule has 1 atom stereocenters. The number of aromatic amines is 1. The molecule has 1 aromatic carbocycles. The minimum Gasteiger partial charge on any atom is -0.387 e. The fourth-order valence-corrected chi connectivity index (χ4v) is 3.13. The summed E-state index contributed by atoms with van der Waals surface area (Å²) in [7, 11) is 0. The second kappa shape index (κ2) is 6.60. The van der Waals surface area contributed by atoms with Crippen molar-refractivity contribution in [3.05, 3.63) is 36.0 Å². The van der Waals surface area contributed by atoms with Gasteiger partial charge in [0.05, 0.1) is 6.10 Å². The number of rotatable bonds is 5. The van der Waals surface area contributed by atoms with Gasteiger partial charge in [-0.25, -0.2) is 0 Å². The summed E-state index contributed by atoms with van der Waals surface area (Å²) in [5, 5.41) is 11.7. The van der Waals surface area contributed by atoms with Gasteiger partial charge in [0.1, 0.15) is 0 Å². The third-order valence-corrected chi connectivity index (χ3v) is 4.40. The molecule has 114 valence electrons. The van der Waals surface area contributed by atoms with Gasteiger partial charge in [0.15, 0.2) is 0 Å². The number of aliphatic hydroxyl groups is 1. The van der Waals surface area contributed by atoms with E-state index in [2.05, 4.69) is 39.9 Å². The average Bonchev–Trinajstić information content (AvgIpc) is 2.97. The number of hydrogen-bond donors (Lipinski definition) is 2. The molecule has 1 saturated heterocycles. The number of piperazine rings is 1. The molecule has 2 N–H and O–H groups in total. The van der Waals surface area contributed by atoms with Crippen molar-refractivity contribution < 1.29 is 5.11 Å². The predicted octanol–water partition coefficient (Wildman–Crippen LogP) is 2.23. The van der Waals surface area contributed by atoms with Gasteiger partial charge >= 0.3 is 0 Å². The van der Waals surface area contributed by atoms with E-state index in [9.17, 15) is 5.11 Å². The van der Waals surface area contributed by atoms with E-state index in [1.807, 2.05) is 12.3 Å². The zero-order chi connectivity index (χ0) is 14.7. The molecule has 0 bridgehead atoms. The zero-order valence-electron chi connectivity index (χ0n) is 12.8. The standard InChI is InChI=1S/C17H25N3O/c1-2-7-19-8-10-20(11-9-19)13-17(21)15-4-3-14-5-6-18-16(14)12-15/h3-6,12,17-18,21H,2,7-11,13H2,1H3. The molecular weight excluding hydrogens is 262 g/mol. The topological polar surface area (TPSA) is 42.5 Å². The highest BCUT2D eigenvalue weighted by molar-refractivity contribution is 5.79. The lowest BCUT2D eigenvalue weighted by Crippen LogP contribution is -2.47. The molecule has 0 spiro atoms. The summed E-state index contributed by atoms with van der Waals surface area (Å²) in [5.41, 5.74) is 2.10. The summed E-state index contributed by atoms with van der Waals surface area (Å²) >= 11 is 0. The molecule has 0 radical (unpaired) electrons. The van der Waals surface area contributed by atoms with Gasteiger partial charge in [0.2, 0.25) is 0 Å². The van der Waals surface area contributed by atoms with E-state index in [1.165, 1.54) is 18.4 Å². The second-order valence-electron chi connectivity index (χ2n) is 5.98. The number of aliphatic hydroxyl groups excluding tert-OH is 1. The number of β-amino-alcohol motifs (C(OH)–C–C–N with tert-alkyl or cyclic N) is 1. The predicted molar refractivity (Wildman–Crippen MR) is 86.4 cm³/mol. The van der Waals surface area contributed by atoms with Crippen LogP contribution in [0.1, 0.15) is 25.0 Å². The highest BCUT2D eigenvalue weighted by atomic mass is 16.3. The number of hydrogen-bond acceptors (Lipinski definition) is 3. The lowest BCUT2D eigenvalue weighted by molar-refractivity contribution is 0.0727. The molecule has 1 unspecified atom stereocenters. The third kappa shape index (κ3) is 3.46. The Kier molecular flexibility index (Phi) is 4.58. The number of nitrogens with one attached hydrogen (secondary N) is 1. The molecule has 21 heavy (non-hydrogen) atoms. The Balaban J connectivity index is 1.57. The van der Waals surface area contributed by atoms with Crippen LogP contribution in [-0.2, 0) is 0 Å². The van der Waals surface area contributed by atoms with Crippen LogP contribution in [0, 0.1) is 0 Å². The smallest absolute Gasteiger partial charge is 0.0917 e. The molecule has 1 aliphatic rings. The highest BCUT2D eigenvalue weighted by Crippen LogP contribution is 2.20. The summed E-state index contributed by atoms with van der Waals surface area (Å²) in [4.78, 5) is 8.09. The van der Waals surface area contributed by atoms with Crippen LogP contribution in [0.25, 0.3) is 10.9 Å². The minimum atomic E-state index is -0.407. The molecule has 4 nitrogen and oxygen atoms in total. The largest absolute Gasteiger partial charge is 0.387 e. The number of nitrogens with zero attached hydrogens (tertiary/aromatic N) is 2. The first-order chi connectivity index (χ1) is 10.3. The number of H-pyrrole nitrogens is 1. The van der Waals surface area contributed by atoms with Crippen LogP contribution in [0.5, 0.6) is 0 Å². The van der Waals surface area contributed by atoms with E-state index in [1.54, 1.807) is 0 Å². The van der Waals surface area contributed by atoms with Gasteiger partial charge in [0.25, 0.3) is 0 Å². The molecule has 2 aromatic rings. The molecule has 4 heteroatoms. The van der Waals surface area contributed by atoms with Crippen molar-refractivity contribution >= 4 is 10.9 Å². The van der Waals surface area contributed by atoms with Crippen molar-refractivity contribution in [3.8, 4) is 0 Å². The maximum absolute atomic E-state index is 10.5. The Morgan fingerprint density at radius 1 is 1.14 bits per heavy atom. The van der Waals surface area contributed by atoms with Crippen molar-refractivity contribution in [3.63, 3.8) is 0 Å². The van der Waals surface area contributed by atoms with Gasteiger partial charge in [-0.1, -0.05) is 19.1 Å². The monoisotopic (exact) mass is 287 g/mol. The number of fused-ring (bicyclic) bond motifs is 1. The fraction of sp³-hybridized carbons (Fsp3) is 0.529.